The van der Waals surface area contributed by atoms with Gasteiger partial charge in [0.05, 0.1) is 29.0 Å². The Bertz CT molecular complexity index is 1070. The summed E-state index contributed by atoms with van der Waals surface area (Å²) in [5, 5.41) is 18.1. The second kappa shape index (κ2) is 6.90. The lowest BCUT2D eigenvalue weighted by Crippen LogP contribution is -2.04. The van der Waals surface area contributed by atoms with Gasteiger partial charge < -0.3 is 0 Å². The van der Waals surface area contributed by atoms with Crippen LogP contribution in [0.5, 0.6) is 0 Å². The van der Waals surface area contributed by atoms with E-state index in [1.807, 2.05) is 12.1 Å². The van der Waals surface area contributed by atoms with Crippen LogP contribution in [0.1, 0.15) is 11.1 Å². The van der Waals surface area contributed by atoms with Crippen LogP contribution < -0.4 is 0 Å². The minimum absolute atomic E-state index is 0.502. The molecule has 0 unspecified atom stereocenters. The van der Waals surface area contributed by atoms with Crippen molar-refractivity contribution in [3.8, 4) is 17.1 Å². The van der Waals surface area contributed by atoms with Crippen LogP contribution >= 0.6 is 23.2 Å². The highest BCUT2D eigenvalue weighted by molar-refractivity contribution is 6.34. The van der Waals surface area contributed by atoms with Crippen LogP contribution in [0.2, 0.25) is 10.0 Å². The molecule has 0 saturated carbocycles. The van der Waals surface area contributed by atoms with Crippen LogP contribution in [0.3, 0.4) is 0 Å². The van der Waals surface area contributed by atoms with Crippen molar-refractivity contribution in [1.82, 2.24) is 30.0 Å². The van der Waals surface area contributed by atoms with Crippen molar-refractivity contribution in [3.63, 3.8) is 0 Å². The number of benzene rings is 2. The summed E-state index contributed by atoms with van der Waals surface area (Å²) in [6.45, 7) is 2.61. The van der Waals surface area contributed by atoms with Gasteiger partial charge >= 0.3 is 0 Å². The number of nitrogens with zero attached hydrogens (tertiary/aromatic N) is 6. The van der Waals surface area contributed by atoms with Gasteiger partial charge in [-0.1, -0.05) is 53.0 Å². The molecule has 0 spiro atoms. The number of aryl methyl sites for hydroxylation is 1. The summed E-state index contributed by atoms with van der Waals surface area (Å²) >= 11 is 12.3. The topological polar surface area (TPSA) is 61.4 Å². The van der Waals surface area contributed by atoms with Gasteiger partial charge in [0.1, 0.15) is 0 Å². The summed E-state index contributed by atoms with van der Waals surface area (Å²) in [6, 6.07) is 13.4. The standard InChI is InChI=1S/C18H14Cl2N6/c1-12-3-2-4-13(7-12)10-26-23-18(22-24-26)14-9-21-25(11-14)17-8-15(19)5-6-16(17)20/h2-9,11H,10H2,1H3. The molecule has 0 saturated heterocycles. The maximum absolute atomic E-state index is 6.23. The number of tetrazole rings is 1. The van der Waals surface area contributed by atoms with E-state index in [4.69, 9.17) is 23.2 Å². The first-order valence-corrected chi connectivity index (χ1v) is 8.68. The van der Waals surface area contributed by atoms with E-state index in [-0.39, 0.29) is 0 Å². The van der Waals surface area contributed by atoms with E-state index in [9.17, 15) is 0 Å². The molecule has 0 aliphatic carbocycles. The van der Waals surface area contributed by atoms with Crippen molar-refractivity contribution in [2.75, 3.05) is 0 Å². The molecule has 26 heavy (non-hydrogen) atoms. The molecule has 4 aromatic rings. The second-order valence-electron chi connectivity index (χ2n) is 5.90. The molecular formula is C18H14Cl2N6. The van der Waals surface area contributed by atoms with E-state index in [0.29, 0.717) is 28.1 Å². The Morgan fingerprint density at radius 3 is 2.81 bits per heavy atom. The van der Waals surface area contributed by atoms with E-state index in [2.05, 4.69) is 39.6 Å². The SMILES string of the molecule is Cc1cccc(Cn2nnc(-c3cnn(-c4cc(Cl)ccc4Cl)c3)n2)c1. The van der Waals surface area contributed by atoms with E-state index < -0.39 is 0 Å². The molecule has 0 amide bonds. The molecule has 0 aliphatic rings. The Kier molecular flexibility index (Phi) is 4.44. The van der Waals surface area contributed by atoms with Gasteiger partial charge in [-0.3, -0.25) is 0 Å². The third-order valence-electron chi connectivity index (χ3n) is 3.86. The van der Waals surface area contributed by atoms with Crippen LogP contribution in [-0.4, -0.2) is 30.0 Å². The molecular weight excluding hydrogens is 371 g/mol. The minimum Gasteiger partial charge on any atom is -0.239 e. The molecule has 4 rings (SSSR count). The molecule has 0 N–H and O–H groups in total. The van der Waals surface area contributed by atoms with Gasteiger partial charge in [0.15, 0.2) is 0 Å². The van der Waals surface area contributed by atoms with Crippen LogP contribution in [0.4, 0.5) is 0 Å². The van der Waals surface area contributed by atoms with Crippen molar-refractivity contribution in [3.05, 3.63) is 76.0 Å². The number of hydrogen-bond donors (Lipinski definition) is 0. The van der Waals surface area contributed by atoms with Crippen molar-refractivity contribution >= 4 is 23.2 Å². The Morgan fingerprint density at radius 2 is 1.96 bits per heavy atom. The molecule has 2 heterocycles. The maximum Gasteiger partial charge on any atom is 0.208 e. The molecule has 130 valence electrons. The van der Waals surface area contributed by atoms with Crippen LogP contribution in [0.15, 0.2) is 54.9 Å². The fraction of sp³-hybridized carbons (Fsp3) is 0.111. The number of aromatic nitrogens is 6. The molecule has 0 fully saturated rings. The maximum atomic E-state index is 6.23. The molecule has 0 atom stereocenters. The molecule has 2 aromatic carbocycles. The zero-order valence-corrected chi connectivity index (χ0v) is 15.4. The lowest BCUT2D eigenvalue weighted by Gasteiger charge is -2.04. The largest absolute Gasteiger partial charge is 0.239 e. The molecule has 2 aromatic heterocycles. The minimum atomic E-state index is 0.502. The smallest absolute Gasteiger partial charge is 0.208 e. The average molecular weight is 385 g/mol. The number of hydrogen-bond acceptors (Lipinski definition) is 4. The van der Waals surface area contributed by atoms with E-state index in [0.717, 1.165) is 11.1 Å². The predicted molar refractivity (Wildman–Crippen MR) is 101 cm³/mol. The monoisotopic (exact) mass is 384 g/mol. The summed E-state index contributed by atoms with van der Waals surface area (Å²) < 4.78 is 1.64. The first-order valence-electron chi connectivity index (χ1n) is 7.92. The van der Waals surface area contributed by atoms with Gasteiger partial charge in [-0.05, 0) is 35.9 Å². The van der Waals surface area contributed by atoms with E-state index >= 15 is 0 Å². The first-order chi connectivity index (χ1) is 12.6. The quantitative estimate of drug-likeness (QED) is 0.529. The lowest BCUT2D eigenvalue weighted by atomic mass is 10.1. The molecule has 0 radical (unpaired) electrons. The van der Waals surface area contributed by atoms with Gasteiger partial charge in [-0.2, -0.15) is 9.90 Å². The van der Waals surface area contributed by atoms with Gasteiger partial charge in [0.25, 0.3) is 0 Å². The number of halogens is 2. The molecule has 0 bridgehead atoms. The Balaban J connectivity index is 1.59. The second-order valence-corrected chi connectivity index (χ2v) is 6.75. The summed E-state index contributed by atoms with van der Waals surface area (Å²) in [5.41, 5.74) is 3.76. The summed E-state index contributed by atoms with van der Waals surface area (Å²) in [4.78, 5) is 1.56. The zero-order valence-electron chi connectivity index (χ0n) is 13.8. The molecule has 8 heteroatoms. The Hall–Kier alpha value is -2.70. The lowest BCUT2D eigenvalue weighted by molar-refractivity contribution is 0.572. The number of rotatable bonds is 4. The van der Waals surface area contributed by atoms with Crippen molar-refractivity contribution in [2.45, 2.75) is 13.5 Å². The van der Waals surface area contributed by atoms with Gasteiger partial charge in [0, 0.05) is 11.2 Å². The summed E-state index contributed by atoms with van der Waals surface area (Å²) in [6.07, 6.45) is 3.47. The third kappa shape index (κ3) is 3.47. The predicted octanol–water partition coefficient (Wildman–Crippen LogP) is 4.19. The third-order valence-corrected chi connectivity index (χ3v) is 4.41. The first kappa shape index (κ1) is 16.8. The van der Waals surface area contributed by atoms with Gasteiger partial charge in [-0.25, -0.2) is 4.68 Å². The zero-order chi connectivity index (χ0) is 18.1. The van der Waals surface area contributed by atoms with Crippen LogP contribution in [0.25, 0.3) is 17.1 Å². The highest BCUT2D eigenvalue weighted by atomic mass is 35.5. The normalized spacial score (nSPS) is 11.0. The van der Waals surface area contributed by atoms with Gasteiger partial charge in [-0.15, -0.1) is 10.2 Å². The highest BCUT2D eigenvalue weighted by Crippen LogP contribution is 2.25. The van der Waals surface area contributed by atoms with Crippen molar-refractivity contribution in [2.24, 2.45) is 0 Å². The van der Waals surface area contributed by atoms with Crippen molar-refractivity contribution in [1.29, 1.82) is 0 Å². The highest BCUT2D eigenvalue weighted by Gasteiger charge is 2.11. The van der Waals surface area contributed by atoms with E-state index in [1.165, 1.54) is 5.56 Å². The van der Waals surface area contributed by atoms with Crippen LogP contribution in [0, 0.1) is 6.92 Å². The van der Waals surface area contributed by atoms with Crippen LogP contribution in [-0.2, 0) is 6.54 Å². The molecule has 6 nitrogen and oxygen atoms in total. The Morgan fingerprint density at radius 1 is 1.08 bits per heavy atom. The fourth-order valence-electron chi connectivity index (χ4n) is 2.63. The van der Waals surface area contributed by atoms with Gasteiger partial charge in [0.2, 0.25) is 5.82 Å². The molecule has 0 aliphatic heterocycles. The van der Waals surface area contributed by atoms with Crippen molar-refractivity contribution < 1.29 is 0 Å². The average Bonchev–Trinajstić information content (AvgIpc) is 3.26. The van der Waals surface area contributed by atoms with E-state index in [1.54, 1.807) is 40.1 Å². The summed E-state index contributed by atoms with van der Waals surface area (Å²) in [7, 11) is 0. The fourth-order valence-corrected chi connectivity index (χ4v) is 3.00. The summed E-state index contributed by atoms with van der Waals surface area (Å²) in [5.74, 6) is 0.502. The Labute approximate surface area is 160 Å².